The number of thiazole rings is 1. The molecule has 1 N–H and O–H groups in total. The monoisotopic (exact) mass is 362 g/mol. The molecule has 136 valence electrons. The Hall–Kier alpha value is -1.73. The second-order valence-electron chi connectivity index (χ2n) is 6.95. The summed E-state index contributed by atoms with van der Waals surface area (Å²) in [5.74, 6) is 1.60. The Morgan fingerprint density at radius 3 is 2.84 bits per heavy atom. The van der Waals surface area contributed by atoms with E-state index in [-0.39, 0.29) is 5.91 Å². The van der Waals surface area contributed by atoms with Crippen molar-refractivity contribution in [1.29, 1.82) is 0 Å². The van der Waals surface area contributed by atoms with E-state index in [0.29, 0.717) is 18.0 Å². The average molecular weight is 362 g/mol. The van der Waals surface area contributed by atoms with Crippen molar-refractivity contribution in [1.82, 2.24) is 15.0 Å². The molecule has 2 aromatic rings. The van der Waals surface area contributed by atoms with Gasteiger partial charge in [0, 0.05) is 23.9 Å². The number of likely N-dealkylation sites (tertiary alicyclic amines) is 1. The topological polar surface area (TPSA) is 71.3 Å². The first-order chi connectivity index (χ1) is 12.0. The van der Waals surface area contributed by atoms with Crippen LogP contribution in [0.2, 0.25) is 0 Å². The number of carbonyl (C=O) groups is 1. The van der Waals surface area contributed by atoms with Gasteiger partial charge >= 0.3 is 0 Å². The molecule has 6 nitrogen and oxygen atoms in total. The lowest BCUT2D eigenvalue weighted by Gasteiger charge is -2.29. The van der Waals surface area contributed by atoms with Crippen LogP contribution in [0.5, 0.6) is 0 Å². The Morgan fingerprint density at radius 2 is 2.16 bits per heavy atom. The van der Waals surface area contributed by atoms with E-state index in [1.807, 2.05) is 19.2 Å². The van der Waals surface area contributed by atoms with Gasteiger partial charge in [-0.1, -0.05) is 12.1 Å². The molecule has 2 aromatic heterocycles. The largest absolute Gasteiger partial charge is 0.361 e. The Morgan fingerprint density at radius 1 is 1.40 bits per heavy atom. The van der Waals surface area contributed by atoms with E-state index >= 15 is 0 Å². The maximum Gasteiger partial charge on any atom is 0.226 e. The van der Waals surface area contributed by atoms with Gasteiger partial charge in [-0.3, -0.25) is 9.69 Å². The van der Waals surface area contributed by atoms with Crippen LogP contribution in [0.15, 0.2) is 9.90 Å². The lowest BCUT2D eigenvalue weighted by molar-refractivity contribution is -0.116. The van der Waals surface area contributed by atoms with Crippen LogP contribution in [-0.4, -0.2) is 34.0 Å². The lowest BCUT2D eigenvalue weighted by atomic mass is 9.99. The molecule has 7 heteroatoms. The van der Waals surface area contributed by atoms with Crippen molar-refractivity contribution >= 4 is 22.4 Å². The SMILES string of the molecule is Cc1noc(C)c1CCC(=O)Nc1nc(CN2CCC(C)CC2)cs1. The van der Waals surface area contributed by atoms with Crippen LogP contribution in [0.3, 0.4) is 0 Å². The quantitative estimate of drug-likeness (QED) is 0.851. The number of aromatic nitrogens is 2. The molecule has 0 spiro atoms. The molecular weight excluding hydrogens is 336 g/mol. The Bertz CT molecular complexity index is 697. The predicted molar refractivity (Wildman–Crippen MR) is 98.7 cm³/mol. The summed E-state index contributed by atoms with van der Waals surface area (Å²) < 4.78 is 5.13. The number of carbonyl (C=O) groups excluding carboxylic acids is 1. The highest BCUT2D eigenvalue weighted by atomic mass is 32.1. The number of rotatable bonds is 6. The minimum Gasteiger partial charge on any atom is -0.361 e. The summed E-state index contributed by atoms with van der Waals surface area (Å²) in [5, 5.41) is 9.55. The van der Waals surface area contributed by atoms with Crippen molar-refractivity contribution in [2.24, 2.45) is 5.92 Å². The predicted octanol–water partition coefficient (Wildman–Crippen LogP) is 3.55. The molecule has 1 amide bonds. The Balaban J connectivity index is 1.47. The summed E-state index contributed by atoms with van der Waals surface area (Å²) in [7, 11) is 0. The van der Waals surface area contributed by atoms with Crippen LogP contribution >= 0.6 is 11.3 Å². The highest BCUT2D eigenvalue weighted by Gasteiger charge is 2.17. The number of anilines is 1. The lowest BCUT2D eigenvalue weighted by Crippen LogP contribution is -2.32. The molecule has 0 radical (unpaired) electrons. The van der Waals surface area contributed by atoms with Crippen molar-refractivity contribution in [3.63, 3.8) is 0 Å². The third-order valence-electron chi connectivity index (χ3n) is 4.84. The number of amides is 1. The van der Waals surface area contributed by atoms with E-state index in [9.17, 15) is 4.79 Å². The van der Waals surface area contributed by atoms with Gasteiger partial charge in [-0.25, -0.2) is 4.98 Å². The number of hydrogen-bond donors (Lipinski definition) is 1. The van der Waals surface area contributed by atoms with E-state index in [1.54, 1.807) is 0 Å². The van der Waals surface area contributed by atoms with Gasteiger partial charge in [0.2, 0.25) is 5.91 Å². The maximum absolute atomic E-state index is 12.2. The molecule has 25 heavy (non-hydrogen) atoms. The average Bonchev–Trinajstić information content (AvgIpc) is 3.14. The van der Waals surface area contributed by atoms with Crippen molar-refractivity contribution in [3.05, 3.63) is 28.1 Å². The molecule has 1 aliphatic rings. The summed E-state index contributed by atoms with van der Waals surface area (Å²) in [6.07, 6.45) is 3.56. The summed E-state index contributed by atoms with van der Waals surface area (Å²) >= 11 is 1.50. The zero-order valence-corrected chi connectivity index (χ0v) is 16.0. The third kappa shape index (κ3) is 4.89. The van der Waals surface area contributed by atoms with Crippen molar-refractivity contribution in [2.45, 2.75) is 53.0 Å². The van der Waals surface area contributed by atoms with Gasteiger partial charge in [0.15, 0.2) is 5.13 Å². The smallest absolute Gasteiger partial charge is 0.226 e. The third-order valence-corrected chi connectivity index (χ3v) is 5.65. The van der Waals surface area contributed by atoms with E-state index < -0.39 is 0 Å². The second-order valence-corrected chi connectivity index (χ2v) is 7.81. The zero-order valence-electron chi connectivity index (χ0n) is 15.2. The highest BCUT2D eigenvalue weighted by Crippen LogP contribution is 2.21. The minimum atomic E-state index is -0.0207. The molecule has 0 saturated carbocycles. The molecule has 0 atom stereocenters. The number of nitrogens with zero attached hydrogens (tertiary/aromatic N) is 3. The normalized spacial score (nSPS) is 16.3. The molecule has 1 fully saturated rings. The van der Waals surface area contributed by atoms with Gasteiger partial charge in [-0.15, -0.1) is 11.3 Å². The molecule has 0 aromatic carbocycles. The number of piperidine rings is 1. The first-order valence-corrected chi connectivity index (χ1v) is 9.77. The van der Waals surface area contributed by atoms with E-state index in [2.05, 4.69) is 27.3 Å². The van der Waals surface area contributed by atoms with Crippen LogP contribution in [0, 0.1) is 19.8 Å². The van der Waals surface area contributed by atoms with Crippen molar-refractivity contribution in [3.8, 4) is 0 Å². The first kappa shape index (κ1) is 18.1. The molecule has 3 heterocycles. The van der Waals surface area contributed by atoms with E-state index in [4.69, 9.17) is 4.52 Å². The van der Waals surface area contributed by atoms with Crippen LogP contribution in [-0.2, 0) is 17.8 Å². The summed E-state index contributed by atoms with van der Waals surface area (Å²) in [4.78, 5) is 19.2. The Labute approximate surface area is 152 Å². The second kappa shape index (κ2) is 8.10. The van der Waals surface area contributed by atoms with Crippen molar-refractivity contribution in [2.75, 3.05) is 18.4 Å². The molecule has 0 bridgehead atoms. The molecule has 0 aliphatic carbocycles. The van der Waals surface area contributed by atoms with Gasteiger partial charge in [-0.05, 0) is 52.1 Å². The summed E-state index contributed by atoms with van der Waals surface area (Å²) in [6.45, 7) is 9.24. The van der Waals surface area contributed by atoms with Gasteiger partial charge in [0.25, 0.3) is 0 Å². The van der Waals surface area contributed by atoms with E-state index in [1.165, 1.54) is 24.2 Å². The molecule has 3 rings (SSSR count). The maximum atomic E-state index is 12.2. The first-order valence-electron chi connectivity index (χ1n) is 8.89. The number of nitrogens with one attached hydrogen (secondary N) is 1. The van der Waals surface area contributed by atoms with Gasteiger partial charge in [-0.2, -0.15) is 0 Å². The Kier molecular flexibility index (Phi) is 5.86. The highest BCUT2D eigenvalue weighted by molar-refractivity contribution is 7.13. The summed E-state index contributed by atoms with van der Waals surface area (Å²) in [6, 6.07) is 0. The van der Waals surface area contributed by atoms with Gasteiger partial charge in [0.05, 0.1) is 11.4 Å². The standard InChI is InChI=1S/C18H26N4O2S/c1-12-6-8-22(9-7-12)10-15-11-25-18(19-15)20-17(23)5-4-16-13(2)21-24-14(16)3/h11-12H,4-10H2,1-3H3,(H,19,20,23). The summed E-state index contributed by atoms with van der Waals surface area (Å²) in [5.41, 5.74) is 2.92. The minimum absolute atomic E-state index is 0.0207. The number of aryl methyl sites for hydroxylation is 2. The van der Waals surface area contributed by atoms with Crippen LogP contribution in [0.1, 0.15) is 48.9 Å². The fourth-order valence-corrected chi connectivity index (χ4v) is 3.88. The van der Waals surface area contributed by atoms with E-state index in [0.717, 1.165) is 48.3 Å². The fourth-order valence-electron chi connectivity index (χ4n) is 3.17. The van der Waals surface area contributed by atoms with Gasteiger partial charge < -0.3 is 9.84 Å². The molecule has 0 unspecified atom stereocenters. The molecule has 1 aliphatic heterocycles. The zero-order chi connectivity index (χ0) is 17.8. The van der Waals surface area contributed by atoms with Crippen LogP contribution < -0.4 is 5.32 Å². The van der Waals surface area contributed by atoms with Crippen LogP contribution in [0.4, 0.5) is 5.13 Å². The van der Waals surface area contributed by atoms with Gasteiger partial charge in [0.1, 0.15) is 5.76 Å². The fraction of sp³-hybridized carbons (Fsp3) is 0.611. The molecular formula is C18H26N4O2S. The van der Waals surface area contributed by atoms with Crippen LogP contribution in [0.25, 0.3) is 0 Å². The van der Waals surface area contributed by atoms with Crippen molar-refractivity contribution < 1.29 is 9.32 Å². The molecule has 1 saturated heterocycles. The number of hydrogen-bond acceptors (Lipinski definition) is 6.